The van der Waals surface area contributed by atoms with Gasteiger partial charge < -0.3 is 9.80 Å². The Labute approximate surface area is 156 Å². The number of azide groups is 1. The van der Waals surface area contributed by atoms with Crippen LogP contribution in [0.25, 0.3) is 16.5 Å². The van der Waals surface area contributed by atoms with Crippen molar-refractivity contribution in [2.45, 2.75) is 0 Å². The molecule has 1 amide bonds. The molecule has 0 bridgehead atoms. The molecule has 7 heteroatoms. The Kier molecular flexibility index (Phi) is 5.79. The van der Waals surface area contributed by atoms with Gasteiger partial charge in [0.2, 0.25) is 5.91 Å². The van der Waals surface area contributed by atoms with E-state index in [4.69, 9.17) is 17.1 Å². The van der Waals surface area contributed by atoms with Crippen molar-refractivity contribution in [2.24, 2.45) is 5.11 Å². The third-order valence-corrected chi connectivity index (χ3v) is 4.47. The fourth-order valence-corrected chi connectivity index (χ4v) is 3.06. The predicted molar refractivity (Wildman–Crippen MR) is 105 cm³/mol. The summed E-state index contributed by atoms with van der Waals surface area (Å²) in [5.74, 6) is -0.000113. The average Bonchev–Trinajstić information content (AvgIpc) is 2.67. The first-order chi connectivity index (χ1) is 12.7. The van der Waals surface area contributed by atoms with E-state index in [1.165, 1.54) is 0 Å². The molecule has 3 rings (SSSR count). The molecular weight excluding hydrogens is 350 g/mol. The Hall–Kier alpha value is -2.95. The highest BCUT2D eigenvalue weighted by atomic mass is 35.5. The highest BCUT2D eigenvalue weighted by Crippen LogP contribution is 2.32. The van der Waals surface area contributed by atoms with E-state index in [1.54, 1.807) is 18.2 Å². The van der Waals surface area contributed by atoms with E-state index in [1.807, 2.05) is 47.4 Å². The second kappa shape index (κ2) is 8.43. The number of anilines is 1. The summed E-state index contributed by atoms with van der Waals surface area (Å²) in [6.07, 6.45) is 3.44. The summed E-state index contributed by atoms with van der Waals surface area (Å²) in [7, 11) is 0. The Morgan fingerprint density at radius 3 is 2.54 bits per heavy atom. The number of nitrogens with zero attached hydrogens (tertiary/aromatic N) is 5. The Balaban J connectivity index is 1.63. The van der Waals surface area contributed by atoms with E-state index in [-0.39, 0.29) is 5.91 Å². The Morgan fingerprint density at radius 2 is 1.85 bits per heavy atom. The number of halogens is 1. The lowest BCUT2D eigenvalue weighted by atomic mass is 10.2. The van der Waals surface area contributed by atoms with Crippen LogP contribution in [0.5, 0.6) is 0 Å². The quantitative estimate of drug-likeness (QED) is 0.341. The maximum Gasteiger partial charge on any atom is 0.246 e. The highest BCUT2D eigenvalue weighted by Gasteiger charge is 2.21. The first-order valence-electron chi connectivity index (χ1n) is 8.29. The molecule has 132 valence electrons. The van der Waals surface area contributed by atoms with Crippen LogP contribution in [-0.2, 0) is 4.79 Å². The van der Waals surface area contributed by atoms with Gasteiger partial charge in [-0.15, -0.1) is 0 Å². The van der Waals surface area contributed by atoms with Crippen molar-refractivity contribution in [1.82, 2.24) is 4.90 Å². The first-order valence-corrected chi connectivity index (χ1v) is 8.67. The molecule has 0 atom stereocenters. The summed E-state index contributed by atoms with van der Waals surface area (Å²) in [4.78, 5) is 19.2. The standard InChI is InChI=1S/C19H18ClN5O/c20-16-7-8-18(17(14-16)22-23-21)24-10-12-25(13-11-24)19(26)9-6-15-4-2-1-3-5-15/h1-9,14H,10-13H2. The van der Waals surface area contributed by atoms with Gasteiger partial charge in [0.05, 0.1) is 5.69 Å². The maximum absolute atomic E-state index is 12.4. The van der Waals surface area contributed by atoms with Crippen LogP contribution in [0.3, 0.4) is 0 Å². The van der Waals surface area contributed by atoms with Crippen molar-refractivity contribution >= 4 is 35.0 Å². The number of benzene rings is 2. The van der Waals surface area contributed by atoms with Gasteiger partial charge in [0.25, 0.3) is 0 Å². The summed E-state index contributed by atoms with van der Waals surface area (Å²) in [5, 5.41) is 4.25. The lowest BCUT2D eigenvalue weighted by Gasteiger charge is -2.36. The van der Waals surface area contributed by atoms with Crippen molar-refractivity contribution in [3.8, 4) is 0 Å². The number of carbonyl (C=O) groups is 1. The summed E-state index contributed by atoms with van der Waals surface area (Å²) < 4.78 is 0. The third-order valence-electron chi connectivity index (χ3n) is 4.24. The number of amides is 1. The van der Waals surface area contributed by atoms with Crippen LogP contribution in [-0.4, -0.2) is 37.0 Å². The summed E-state index contributed by atoms with van der Waals surface area (Å²) in [6, 6.07) is 15.0. The fraction of sp³-hybridized carbons (Fsp3) is 0.211. The molecule has 2 aromatic carbocycles. The zero-order valence-corrected chi connectivity index (χ0v) is 14.9. The van der Waals surface area contributed by atoms with E-state index in [2.05, 4.69) is 14.9 Å². The van der Waals surface area contributed by atoms with Crippen molar-refractivity contribution in [2.75, 3.05) is 31.1 Å². The van der Waals surface area contributed by atoms with Gasteiger partial charge in [-0.1, -0.05) is 47.0 Å². The van der Waals surface area contributed by atoms with Gasteiger partial charge in [0, 0.05) is 47.9 Å². The number of hydrogen-bond acceptors (Lipinski definition) is 3. The van der Waals surface area contributed by atoms with E-state index < -0.39 is 0 Å². The molecule has 1 aliphatic rings. The summed E-state index contributed by atoms with van der Waals surface area (Å²) >= 11 is 5.98. The smallest absolute Gasteiger partial charge is 0.246 e. The molecule has 1 saturated heterocycles. The lowest BCUT2D eigenvalue weighted by molar-refractivity contribution is -0.126. The molecule has 0 aliphatic carbocycles. The molecule has 0 aromatic heterocycles. The van der Waals surface area contributed by atoms with E-state index >= 15 is 0 Å². The monoisotopic (exact) mass is 367 g/mol. The normalized spacial score (nSPS) is 14.3. The second-order valence-electron chi connectivity index (χ2n) is 5.88. The van der Waals surface area contributed by atoms with Crippen LogP contribution in [0.1, 0.15) is 5.56 Å². The predicted octanol–water partition coefficient (Wildman–Crippen LogP) is 4.64. The zero-order valence-electron chi connectivity index (χ0n) is 14.1. The third kappa shape index (κ3) is 4.36. The highest BCUT2D eigenvalue weighted by molar-refractivity contribution is 6.31. The van der Waals surface area contributed by atoms with Gasteiger partial charge in [-0.3, -0.25) is 4.79 Å². The number of carbonyl (C=O) groups excluding carboxylic acids is 1. The van der Waals surface area contributed by atoms with Gasteiger partial charge >= 0.3 is 0 Å². The molecule has 1 fully saturated rings. The molecule has 0 saturated carbocycles. The molecule has 0 spiro atoms. The summed E-state index contributed by atoms with van der Waals surface area (Å²) in [5.41, 5.74) is 11.1. The zero-order chi connectivity index (χ0) is 18.4. The lowest BCUT2D eigenvalue weighted by Crippen LogP contribution is -2.48. The molecule has 1 aliphatic heterocycles. The van der Waals surface area contributed by atoms with Crippen LogP contribution < -0.4 is 4.90 Å². The Morgan fingerprint density at radius 1 is 1.12 bits per heavy atom. The molecule has 1 heterocycles. The molecule has 0 radical (unpaired) electrons. The molecule has 26 heavy (non-hydrogen) atoms. The largest absolute Gasteiger partial charge is 0.368 e. The van der Waals surface area contributed by atoms with Crippen molar-refractivity contribution in [1.29, 1.82) is 0 Å². The van der Waals surface area contributed by atoms with Gasteiger partial charge in [-0.25, -0.2) is 0 Å². The molecular formula is C19H18ClN5O. The van der Waals surface area contributed by atoms with Gasteiger partial charge in [0.15, 0.2) is 0 Å². The summed E-state index contributed by atoms with van der Waals surface area (Å²) in [6.45, 7) is 2.55. The molecule has 0 unspecified atom stereocenters. The number of rotatable bonds is 4. The van der Waals surface area contributed by atoms with Crippen molar-refractivity contribution < 1.29 is 4.79 Å². The maximum atomic E-state index is 12.4. The van der Waals surface area contributed by atoms with Crippen LogP contribution in [0.4, 0.5) is 11.4 Å². The van der Waals surface area contributed by atoms with E-state index in [0.717, 1.165) is 11.3 Å². The molecule has 0 N–H and O–H groups in total. The van der Waals surface area contributed by atoms with Crippen LogP contribution in [0.15, 0.2) is 59.7 Å². The minimum atomic E-state index is -0.000113. The number of piperazine rings is 1. The number of hydrogen-bond donors (Lipinski definition) is 0. The molecule has 6 nitrogen and oxygen atoms in total. The molecule has 2 aromatic rings. The SMILES string of the molecule is [N-]=[N+]=Nc1cc(Cl)ccc1N1CCN(C(=O)C=Cc2ccccc2)CC1. The Bertz CT molecular complexity index is 853. The van der Waals surface area contributed by atoms with Crippen LogP contribution in [0, 0.1) is 0 Å². The minimum Gasteiger partial charge on any atom is -0.368 e. The van der Waals surface area contributed by atoms with E-state index in [0.29, 0.717) is 36.9 Å². The van der Waals surface area contributed by atoms with Gasteiger partial charge in [-0.05, 0) is 35.4 Å². The topological polar surface area (TPSA) is 72.3 Å². The minimum absolute atomic E-state index is 0.000113. The van der Waals surface area contributed by atoms with Crippen LogP contribution >= 0.6 is 11.6 Å². The van der Waals surface area contributed by atoms with Gasteiger partial charge in [-0.2, -0.15) is 0 Å². The average molecular weight is 368 g/mol. The van der Waals surface area contributed by atoms with Crippen molar-refractivity contribution in [3.63, 3.8) is 0 Å². The first kappa shape index (κ1) is 17.9. The van der Waals surface area contributed by atoms with Gasteiger partial charge in [0.1, 0.15) is 0 Å². The van der Waals surface area contributed by atoms with E-state index in [9.17, 15) is 4.79 Å². The fourth-order valence-electron chi connectivity index (χ4n) is 2.90. The van der Waals surface area contributed by atoms with Crippen molar-refractivity contribution in [3.05, 3.63) is 75.6 Å². The second-order valence-corrected chi connectivity index (χ2v) is 6.32. The van der Waals surface area contributed by atoms with Crippen LogP contribution in [0.2, 0.25) is 5.02 Å².